The molecule has 1 aromatic heterocycles. The van der Waals surface area contributed by atoms with Gasteiger partial charge in [0.1, 0.15) is 23.9 Å². The Morgan fingerprint density at radius 1 is 0.914 bits per heavy atom. The number of hydrogen-bond donors (Lipinski definition) is 0. The fourth-order valence-corrected chi connectivity index (χ4v) is 5.75. The van der Waals surface area contributed by atoms with Gasteiger partial charge in [0.2, 0.25) is 5.91 Å². The Morgan fingerprint density at radius 3 is 2.54 bits per heavy atom. The fraction of sp³-hybridized carbons (Fsp3) is 0.250. The van der Waals surface area contributed by atoms with E-state index in [0.717, 1.165) is 63.5 Å². The van der Waals surface area contributed by atoms with Crippen molar-refractivity contribution in [3.05, 3.63) is 78.4 Å². The fourth-order valence-electron chi connectivity index (χ4n) is 4.89. The molecule has 6 rings (SSSR count). The van der Waals surface area contributed by atoms with Crippen LogP contribution in [0.15, 0.2) is 77.8 Å². The molecule has 4 aromatic rings. The van der Waals surface area contributed by atoms with Gasteiger partial charge in [-0.05, 0) is 30.5 Å². The van der Waals surface area contributed by atoms with Gasteiger partial charge in [0.15, 0.2) is 11.5 Å². The number of aromatic nitrogens is 2. The summed E-state index contributed by atoms with van der Waals surface area (Å²) in [4.78, 5) is 15.3. The number of rotatable bonds is 5. The molecule has 1 fully saturated rings. The predicted molar refractivity (Wildman–Crippen MR) is 137 cm³/mol. The van der Waals surface area contributed by atoms with Crippen LogP contribution in [0.25, 0.3) is 22.0 Å². The van der Waals surface area contributed by atoms with E-state index in [2.05, 4.69) is 28.4 Å². The number of carbonyl (C=O) groups excluding carboxylic acids is 1. The van der Waals surface area contributed by atoms with Crippen molar-refractivity contribution >= 4 is 28.4 Å². The minimum atomic E-state index is 0.0576. The molecular formula is C28H25N3O3S. The molecule has 176 valence electrons. The van der Waals surface area contributed by atoms with Crippen molar-refractivity contribution < 1.29 is 14.3 Å². The molecule has 7 heteroatoms. The van der Waals surface area contributed by atoms with Crippen LogP contribution in [-0.4, -0.2) is 46.5 Å². The van der Waals surface area contributed by atoms with Crippen LogP contribution >= 0.6 is 11.8 Å². The van der Waals surface area contributed by atoms with E-state index in [9.17, 15) is 4.79 Å². The zero-order valence-corrected chi connectivity index (χ0v) is 20.0. The third-order valence-corrected chi connectivity index (χ3v) is 7.52. The van der Waals surface area contributed by atoms with Crippen molar-refractivity contribution in [2.75, 3.05) is 25.5 Å². The lowest BCUT2D eigenvalue weighted by Gasteiger charge is -2.26. The van der Waals surface area contributed by atoms with E-state index in [1.54, 1.807) is 0 Å². The van der Waals surface area contributed by atoms with Gasteiger partial charge >= 0.3 is 0 Å². The van der Waals surface area contributed by atoms with Gasteiger partial charge in [0, 0.05) is 22.9 Å². The quantitative estimate of drug-likeness (QED) is 0.348. The first-order valence-electron chi connectivity index (χ1n) is 11.9. The van der Waals surface area contributed by atoms with E-state index in [-0.39, 0.29) is 11.9 Å². The van der Waals surface area contributed by atoms with Crippen molar-refractivity contribution in [2.24, 2.45) is 0 Å². The predicted octanol–water partition coefficient (Wildman–Crippen LogP) is 5.52. The molecule has 2 aliphatic rings. The molecule has 35 heavy (non-hydrogen) atoms. The van der Waals surface area contributed by atoms with Crippen molar-refractivity contribution in [3.63, 3.8) is 0 Å². The van der Waals surface area contributed by atoms with Crippen LogP contribution in [0.5, 0.6) is 11.5 Å². The Morgan fingerprint density at radius 2 is 1.69 bits per heavy atom. The van der Waals surface area contributed by atoms with Crippen LogP contribution in [0.3, 0.4) is 0 Å². The molecule has 1 amide bonds. The van der Waals surface area contributed by atoms with E-state index >= 15 is 0 Å². The molecule has 0 unspecified atom stereocenters. The molecule has 0 spiro atoms. The number of fused-ring (bicyclic) bond motifs is 2. The normalized spacial score (nSPS) is 17.0. The minimum Gasteiger partial charge on any atom is -0.486 e. The van der Waals surface area contributed by atoms with Gasteiger partial charge < -0.3 is 14.4 Å². The molecule has 0 bridgehead atoms. The maximum Gasteiger partial charge on any atom is 0.233 e. The number of benzene rings is 3. The van der Waals surface area contributed by atoms with Crippen molar-refractivity contribution in [2.45, 2.75) is 23.9 Å². The lowest BCUT2D eigenvalue weighted by Crippen LogP contribution is -2.32. The molecule has 6 nitrogen and oxygen atoms in total. The SMILES string of the molecule is O=C(CSc1nnc(-c2ccccc2)c2ccccc12)N1CCC[C@H]1c1ccc2c(c1)OCCO2. The van der Waals surface area contributed by atoms with Crippen LogP contribution in [0.2, 0.25) is 0 Å². The summed E-state index contributed by atoms with van der Waals surface area (Å²) < 4.78 is 11.4. The monoisotopic (exact) mass is 483 g/mol. The molecule has 0 aliphatic carbocycles. The number of likely N-dealkylation sites (tertiary alicyclic amines) is 1. The number of carbonyl (C=O) groups is 1. The third kappa shape index (κ3) is 4.32. The number of ether oxygens (including phenoxy) is 2. The molecule has 0 saturated carbocycles. The van der Waals surface area contributed by atoms with Crippen molar-refractivity contribution in [1.29, 1.82) is 0 Å². The zero-order valence-electron chi connectivity index (χ0n) is 19.2. The van der Waals surface area contributed by atoms with Gasteiger partial charge in [0.25, 0.3) is 0 Å². The average Bonchev–Trinajstić information content (AvgIpc) is 3.42. The van der Waals surface area contributed by atoms with Gasteiger partial charge in [-0.25, -0.2) is 0 Å². The highest BCUT2D eigenvalue weighted by Gasteiger charge is 2.31. The van der Waals surface area contributed by atoms with Gasteiger partial charge in [-0.3, -0.25) is 4.79 Å². The Kier molecular flexibility index (Phi) is 6.00. The molecular weight excluding hydrogens is 458 g/mol. The van der Waals surface area contributed by atoms with E-state index in [1.807, 2.05) is 59.5 Å². The number of amides is 1. The first-order valence-corrected chi connectivity index (χ1v) is 12.9. The lowest BCUT2D eigenvalue weighted by atomic mass is 10.0. The maximum atomic E-state index is 13.3. The standard InChI is InChI=1S/C28H25N3O3S/c32-26(31-14-6-11-23(31)20-12-13-24-25(17-20)34-16-15-33-24)18-35-28-22-10-5-4-9-21(22)27(29-30-28)19-7-2-1-3-8-19/h1-5,7-10,12-13,17,23H,6,11,14-16,18H2/t23-/m0/s1. The zero-order chi connectivity index (χ0) is 23.6. The Hall–Kier alpha value is -3.58. The van der Waals surface area contributed by atoms with Crippen molar-refractivity contribution in [3.8, 4) is 22.8 Å². The van der Waals surface area contributed by atoms with E-state index in [4.69, 9.17) is 9.47 Å². The summed E-state index contributed by atoms with van der Waals surface area (Å²) in [6, 6.07) is 24.3. The van der Waals surface area contributed by atoms with Crippen LogP contribution in [0.4, 0.5) is 0 Å². The number of hydrogen-bond acceptors (Lipinski definition) is 6. The van der Waals surface area contributed by atoms with E-state index < -0.39 is 0 Å². The highest BCUT2D eigenvalue weighted by Crippen LogP contribution is 2.39. The summed E-state index contributed by atoms with van der Waals surface area (Å²) in [7, 11) is 0. The second kappa shape index (κ2) is 9.58. The van der Waals surface area contributed by atoms with E-state index in [0.29, 0.717) is 19.0 Å². The summed E-state index contributed by atoms with van der Waals surface area (Å²) in [5.41, 5.74) is 2.99. The average molecular weight is 484 g/mol. The minimum absolute atomic E-state index is 0.0576. The van der Waals surface area contributed by atoms with Crippen LogP contribution in [0, 0.1) is 0 Å². The molecule has 3 aromatic carbocycles. The summed E-state index contributed by atoms with van der Waals surface area (Å²) in [6.45, 7) is 1.89. The molecule has 3 heterocycles. The second-order valence-electron chi connectivity index (χ2n) is 8.70. The van der Waals surface area contributed by atoms with Gasteiger partial charge in [-0.15, -0.1) is 10.2 Å². The van der Waals surface area contributed by atoms with Gasteiger partial charge in [-0.2, -0.15) is 0 Å². The van der Waals surface area contributed by atoms with Crippen LogP contribution in [0.1, 0.15) is 24.4 Å². The third-order valence-electron chi connectivity index (χ3n) is 6.56. The first-order chi connectivity index (χ1) is 17.3. The summed E-state index contributed by atoms with van der Waals surface area (Å²) >= 11 is 1.46. The Labute approximate surface area is 208 Å². The van der Waals surface area contributed by atoms with Crippen molar-refractivity contribution in [1.82, 2.24) is 15.1 Å². The Bertz CT molecular complexity index is 1380. The topological polar surface area (TPSA) is 64.6 Å². The molecule has 0 radical (unpaired) electrons. The highest BCUT2D eigenvalue weighted by atomic mass is 32.2. The summed E-state index contributed by atoms with van der Waals surface area (Å²) in [5, 5.41) is 11.9. The lowest BCUT2D eigenvalue weighted by molar-refractivity contribution is -0.129. The first kappa shape index (κ1) is 21.9. The van der Waals surface area contributed by atoms with Crippen LogP contribution in [-0.2, 0) is 4.79 Å². The van der Waals surface area contributed by atoms with Gasteiger partial charge in [0.05, 0.1) is 11.8 Å². The molecule has 1 saturated heterocycles. The number of nitrogens with zero attached hydrogens (tertiary/aromatic N) is 3. The highest BCUT2D eigenvalue weighted by molar-refractivity contribution is 8.00. The second-order valence-corrected chi connectivity index (χ2v) is 9.67. The molecule has 0 N–H and O–H groups in total. The van der Waals surface area contributed by atoms with E-state index in [1.165, 1.54) is 11.8 Å². The Balaban J connectivity index is 1.21. The molecule has 2 aliphatic heterocycles. The number of thioether (sulfide) groups is 1. The largest absolute Gasteiger partial charge is 0.486 e. The smallest absolute Gasteiger partial charge is 0.233 e. The maximum absolute atomic E-state index is 13.3. The summed E-state index contributed by atoms with van der Waals surface area (Å²) in [6.07, 6.45) is 1.94. The van der Waals surface area contributed by atoms with Crippen LogP contribution < -0.4 is 9.47 Å². The van der Waals surface area contributed by atoms with Gasteiger partial charge in [-0.1, -0.05) is 72.4 Å². The molecule has 1 atom stereocenters. The summed E-state index contributed by atoms with van der Waals surface area (Å²) in [5.74, 6) is 1.98.